The fourth-order valence-corrected chi connectivity index (χ4v) is 4.44. The van der Waals surface area contributed by atoms with Gasteiger partial charge in [0.05, 0.1) is 6.61 Å². The molecule has 1 nitrogen and oxygen atoms in total. The van der Waals surface area contributed by atoms with E-state index in [1.165, 1.54) is 0 Å². The van der Waals surface area contributed by atoms with Gasteiger partial charge in [0.15, 0.2) is 0 Å². The molecule has 1 rings (SSSR count). The van der Waals surface area contributed by atoms with Crippen LogP contribution in [0.2, 0.25) is 0 Å². The lowest BCUT2D eigenvalue weighted by molar-refractivity contribution is 0.187. The summed E-state index contributed by atoms with van der Waals surface area (Å²) < 4.78 is 5.77. The lowest BCUT2D eigenvalue weighted by Crippen LogP contribution is -2.33. The molecule has 1 aromatic rings. The third kappa shape index (κ3) is 4.29. The highest BCUT2D eigenvalue weighted by atomic mass is 79.9. The Hall–Kier alpha value is -0.0200. The minimum Gasteiger partial charge on any atom is -0.494 e. The highest BCUT2D eigenvalue weighted by Gasteiger charge is 2.31. The smallest absolute Gasteiger partial charge is 0.119 e. The number of hydrogen-bond donors (Lipinski definition) is 0. The summed E-state index contributed by atoms with van der Waals surface area (Å²) >= 11 is 7.27. The van der Waals surface area contributed by atoms with E-state index in [9.17, 15) is 0 Å². The predicted octanol–water partition coefficient (Wildman–Crippen LogP) is 4.89. The van der Waals surface area contributed by atoms with Gasteiger partial charge in [-0.05, 0) is 29.9 Å². The van der Waals surface area contributed by atoms with Crippen LogP contribution in [0.4, 0.5) is 0 Å². The second-order valence-electron chi connectivity index (χ2n) is 4.70. The number of hydrogen-bond acceptors (Lipinski definition) is 1. The van der Waals surface area contributed by atoms with E-state index in [1.54, 1.807) is 0 Å². The van der Waals surface area contributed by atoms with E-state index in [0.717, 1.165) is 29.4 Å². The van der Waals surface area contributed by atoms with Crippen molar-refractivity contribution in [2.75, 3.05) is 17.3 Å². The molecule has 0 fully saturated rings. The first kappa shape index (κ1) is 15.0. The van der Waals surface area contributed by atoms with Crippen molar-refractivity contribution in [1.82, 2.24) is 0 Å². The maximum atomic E-state index is 5.77. The lowest BCUT2D eigenvalue weighted by atomic mass is 9.78. The second-order valence-corrected chi connectivity index (χ2v) is 5.82. The molecule has 0 aliphatic carbocycles. The fraction of sp³-hybridized carbons (Fsp3) is 0.571. The molecule has 1 aromatic carbocycles. The molecule has 3 heteroatoms. The number of halogens is 2. The standard InChI is InChI=1S/C14H20Br2O/c1-12(2)14(10-15,11-16)8-9-17-13-6-4-3-5-7-13/h3-7,12H,8-11H2,1-2H3. The van der Waals surface area contributed by atoms with Gasteiger partial charge in [0.1, 0.15) is 5.75 Å². The molecule has 0 N–H and O–H groups in total. The number of rotatable bonds is 7. The molecule has 96 valence electrons. The predicted molar refractivity (Wildman–Crippen MR) is 81.4 cm³/mol. The summed E-state index contributed by atoms with van der Waals surface area (Å²) in [5, 5.41) is 2.00. The fourth-order valence-electron chi connectivity index (χ4n) is 1.66. The Bertz CT molecular complexity index is 307. The van der Waals surface area contributed by atoms with E-state index >= 15 is 0 Å². The van der Waals surface area contributed by atoms with Crippen LogP contribution in [0.5, 0.6) is 5.75 Å². The first-order valence-electron chi connectivity index (χ1n) is 5.94. The Labute approximate surface area is 121 Å². The molecule has 0 spiro atoms. The van der Waals surface area contributed by atoms with E-state index in [0.29, 0.717) is 5.92 Å². The van der Waals surface area contributed by atoms with E-state index in [1.807, 2.05) is 30.3 Å². The minimum atomic E-state index is 0.273. The summed E-state index contributed by atoms with van der Waals surface area (Å²) in [7, 11) is 0. The molecule has 0 aliphatic heterocycles. The van der Waals surface area contributed by atoms with Crippen molar-refractivity contribution >= 4 is 31.9 Å². The zero-order valence-corrected chi connectivity index (χ0v) is 13.6. The topological polar surface area (TPSA) is 9.23 Å². The summed E-state index contributed by atoms with van der Waals surface area (Å²) in [6.07, 6.45) is 1.05. The molecule has 0 aromatic heterocycles. The molecule has 0 saturated heterocycles. The maximum absolute atomic E-state index is 5.77. The normalized spacial score (nSPS) is 11.8. The molecule has 0 saturated carbocycles. The number of benzene rings is 1. The van der Waals surface area contributed by atoms with Gasteiger partial charge in [-0.3, -0.25) is 0 Å². The zero-order valence-electron chi connectivity index (χ0n) is 10.5. The van der Waals surface area contributed by atoms with Gasteiger partial charge in [0.2, 0.25) is 0 Å². The average Bonchev–Trinajstić information content (AvgIpc) is 2.36. The van der Waals surface area contributed by atoms with Gasteiger partial charge in [-0.1, -0.05) is 63.9 Å². The van der Waals surface area contributed by atoms with Crippen LogP contribution in [0.1, 0.15) is 20.3 Å². The quantitative estimate of drug-likeness (QED) is 0.627. The van der Waals surface area contributed by atoms with E-state index in [-0.39, 0.29) is 5.41 Å². The zero-order chi connectivity index (χ0) is 12.7. The monoisotopic (exact) mass is 362 g/mol. The molecule has 0 aliphatic rings. The third-order valence-electron chi connectivity index (χ3n) is 3.37. The summed E-state index contributed by atoms with van der Waals surface area (Å²) in [5.74, 6) is 1.58. The van der Waals surface area contributed by atoms with Crippen LogP contribution in [0.15, 0.2) is 30.3 Å². The summed E-state index contributed by atoms with van der Waals surface area (Å²) in [5.41, 5.74) is 0.273. The van der Waals surface area contributed by atoms with Crippen LogP contribution in [0.3, 0.4) is 0 Å². The maximum Gasteiger partial charge on any atom is 0.119 e. The Balaban J connectivity index is 2.48. The van der Waals surface area contributed by atoms with Crippen LogP contribution in [0.25, 0.3) is 0 Å². The molecule has 0 heterocycles. The van der Waals surface area contributed by atoms with Crippen LogP contribution >= 0.6 is 31.9 Å². The molecule has 0 atom stereocenters. The summed E-state index contributed by atoms with van der Waals surface area (Å²) in [6, 6.07) is 10.0. The third-order valence-corrected chi connectivity index (χ3v) is 5.60. The number of alkyl halides is 2. The molecular formula is C14H20Br2O. The van der Waals surface area contributed by atoms with Crippen LogP contribution in [0, 0.1) is 11.3 Å². The van der Waals surface area contributed by atoms with E-state index < -0.39 is 0 Å². The molecule has 17 heavy (non-hydrogen) atoms. The van der Waals surface area contributed by atoms with E-state index in [4.69, 9.17) is 4.74 Å². The van der Waals surface area contributed by atoms with Gasteiger partial charge in [0, 0.05) is 10.7 Å². The number of para-hydroxylation sites is 1. The van der Waals surface area contributed by atoms with Crippen molar-refractivity contribution < 1.29 is 4.74 Å². The van der Waals surface area contributed by atoms with Gasteiger partial charge in [0.25, 0.3) is 0 Å². The highest BCUT2D eigenvalue weighted by Crippen LogP contribution is 2.35. The van der Waals surface area contributed by atoms with Crippen LogP contribution < -0.4 is 4.74 Å². The second kappa shape index (κ2) is 7.42. The summed E-state index contributed by atoms with van der Waals surface area (Å²) in [6.45, 7) is 5.30. The number of ether oxygens (including phenoxy) is 1. The summed E-state index contributed by atoms with van der Waals surface area (Å²) in [4.78, 5) is 0. The lowest BCUT2D eigenvalue weighted by Gasteiger charge is -2.34. The van der Waals surface area contributed by atoms with Crippen LogP contribution in [-0.2, 0) is 0 Å². The molecule has 0 unspecified atom stereocenters. The van der Waals surface area contributed by atoms with Crippen molar-refractivity contribution in [3.63, 3.8) is 0 Å². The Morgan fingerprint density at radius 2 is 1.71 bits per heavy atom. The van der Waals surface area contributed by atoms with Gasteiger partial charge < -0.3 is 4.74 Å². The largest absolute Gasteiger partial charge is 0.494 e. The Morgan fingerprint density at radius 3 is 2.18 bits per heavy atom. The molecular weight excluding hydrogens is 344 g/mol. The highest BCUT2D eigenvalue weighted by molar-refractivity contribution is 9.09. The van der Waals surface area contributed by atoms with Gasteiger partial charge in [-0.2, -0.15) is 0 Å². The van der Waals surface area contributed by atoms with Crippen molar-refractivity contribution in [2.45, 2.75) is 20.3 Å². The van der Waals surface area contributed by atoms with Crippen molar-refractivity contribution in [3.05, 3.63) is 30.3 Å². The molecule has 0 bridgehead atoms. The first-order chi connectivity index (χ1) is 8.14. The van der Waals surface area contributed by atoms with Crippen LogP contribution in [-0.4, -0.2) is 17.3 Å². The van der Waals surface area contributed by atoms with E-state index in [2.05, 4.69) is 45.7 Å². The van der Waals surface area contributed by atoms with Crippen molar-refractivity contribution in [2.24, 2.45) is 11.3 Å². The minimum absolute atomic E-state index is 0.273. The Morgan fingerprint density at radius 1 is 1.12 bits per heavy atom. The Kier molecular flexibility index (Phi) is 6.57. The van der Waals surface area contributed by atoms with Gasteiger partial charge in [-0.25, -0.2) is 0 Å². The first-order valence-corrected chi connectivity index (χ1v) is 8.18. The average molecular weight is 364 g/mol. The van der Waals surface area contributed by atoms with Crippen molar-refractivity contribution in [1.29, 1.82) is 0 Å². The van der Waals surface area contributed by atoms with Gasteiger partial charge >= 0.3 is 0 Å². The van der Waals surface area contributed by atoms with Crippen molar-refractivity contribution in [3.8, 4) is 5.75 Å². The SMILES string of the molecule is CC(C)C(CBr)(CBr)CCOc1ccccc1. The molecule has 0 radical (unpaired) electrons. The van der Waals surface area contributed by atoms with Gasteiger partial charge in [-0.15, -0.1) is 0 Å². The molecule has 0 amide bonds.